The second-order valence-corrected chi connectivity index (χ2v) is 7.42. The van der Waals surface area contributed by atoms with Crippen molar-refractivity contribution in [1.82, 2.24) is 0 Å². The molecular weight excluding hydrogens is 324 g/mol. The summed E-state index contributed by atoms with van der Waals surface area (Å²) >= 11 is 0. The third-order valence-electron chi connectivity index (χ3n) is 5.10. The van der Waals surface area contributed by atoms with Gasteiger partial charge in [-0.05, 0) is 47.7 Å². The van der Waals surface area contributed by atoms with Crippen molar-refractivity contribution in [2.24, 2.45) is 0 Å². The van der Waals surface area contributed by atoms with Crippen molar-refractivity contribution in [3.63, 3.8) is 0 Å². The minimum Gasteiger partial charge on any atom is -0.393 e. The summed E-state index contributed by atoms with van der Waals surface area (Å²) < 4.78 is 0. The van der Waals surface area contributed by atoms with Crippen molar-refractivity contribution in [3.05, 3.63) is 71.8 Å². The van der Waals surface area contributed by atoms with E-state index in [9.17, 15) is 9.90 Å². The SMILES string of the molecule is C=CC(C)(C)c1ccc(NC(=O)Nc2cccc3c2CC(O)CC3)cc1. The molecule has 2 aromatic carbocycles. The number of rotatable bonds is 4. The Morgan fingerprint density at radius 1 is 1.19 bits per heavy atom. The summed E-state index contributed by atoms with van der Waals surface area (Å²) in [5.41, 5.74) is 4.77. The van der Waals surface area contributed by atoms with Crippen molar-refractivity contribution < 1.29 is 9.90 Å². The normalized spacial score (nSPS) is 16.5. The maximum atomic E-state index is 12.4. The van der Waals surface area contributed by atoms with Gasteiger partial charge in [-0.3, -0.25) is 0 Å². The lowest BCUT2D eigenvalue weighted by atomic mass is 9.85. The van der Waals surface area contributed by atoms with Gasteiger partial charge in [-0.25, -0.2) is 4.79 Å². The Balaban J connectivity index is 1.69. The number of hydrogen-bond donors (Lipinski definition) is 3. The fourth-order valence-electron chi connectivity index (χ4n) is 3.27. The van der Waals surface area contributed by atoms with Crippen LogP contribution in [0.1, 0.15) is 37.0 Å². The summed E-state index contributed by atoms with van der Waals surface area (Å²) in [6.45, 7) is 8.07. The van der Waals surface area contributed by atoms with Crippen LogP contribution in [0.2, 0.25) is 0 Å². The number of benzene rings is 2. The zero-order valence-electron chi connectivity index (χ0n) is 15.4. The van der Waals surface area contributed by atoms with E-state index in [4.69, 9.17) is 0 Å². The molecule has 0 fully saturated rings. The second kappa shape index (κ2) is 7.34. The average molecular weight is 350 g/mol. The van der Waals surface area contributed by atoms with E-state index in [1.165, 1.54) is 5.56 Å². The van der Waals surface area contributed by atoms with E-state index in [1.807, 2.05) is 42.5 Å². The van der Waals surface area contributed by atoms with Crippen molar-refractivity contribution in [2.45, 2.75) is 44.6 Å². The number of aliphatic hydroxyl groups is 1. The molecule has 1 aliphatic rings. The van der Waals surface area contributed by atoms with Gasteiger partial charge in [0.1, 0.15) is 0 Å². The Bertz CT molecular complexity index is 809. The predicted molar refractivity (Wildman–Crippen MR) is 107 cm³/mol. The number of carbonyl (C=O) groups is 1. The summed E-state index contributed by atoms with van der Waals surface area (Å²) in [5.74, 6) is 0. The minimum absolute atomic E-state index is 0.106. The fourth-order valence-corrected chi connectivity index (χ4v) is 3.27. The van der Waals surface area contributed by atoms with Crippen molar-refractivity contribution in [2.75, 3.05) is 10.6 Å². The summed E-state index contributed by atoms with van der Waals surface area (Å²) in [7, 11) is 0. The lowest BCUT2D eigenvalue weighted by Gasteiger charge is -2.23. The maximum absolute atomic E-state index is 12.4. The van der Waals surface area contributed by atoms with Crippen LogP contribution >= 0.6 is 0 Å². The van der Waals surface area contributed by atoms with Crippen LogP contribution in [0.5, 0.6) is 0 Å². The molecule has 0 spiro atoms. The molecule has 2 amide bonds. The first-order chi connectivity index (χ1) is 12.4. The Morgan fingerprint density at radius 2 is 1.92 bits per heavy atom. The number of aliphatic hydroxyl groups excluding tert-OH is 1. The van der Waals surface area contributed by atoms with Gasteiger partial charge in [0.2, 0.25) is 0 Å². The van der Waals surface area contributed by atoms with E-state index < -0.39 is 0 Å². The van der Waals surface area contributed by atoms with Crippen LogP contribution in [-0.4, -0.2) is 17.2 Å². The van der Waals surface area contributed by atoms with Gasteiger partial charge in [0.15, 0.2) is 0 Å². The molecule has 4 heteroatoms. The first-order valence-corrected chi connectivity index (χ1v) is 9.00. The molecule has 1 aliphatic carbocycles. The van der Waals surface area contributed by atoms with E-state index >= 15 is 0 Å². The van der Waals surface area contributed by atoms with E-state index in [-0.39, 0.29) is 17.6 Å². The molecule has 0 saturated carbocycles. The zero-order valence-corrected chi connectivity index (χ0v) is 15.4. The number of hydrogen-bond acceptors (Lipinski definition) is 2. The zero-order chi connectivity index (χ0) is 18.7. The number of urea groups is 1. The van der Waals surface area contributed by atoms with Crippen LogP contribution in [0.15, 0.2) is 55.1 Å². The first-order valence-electron chi connectivity index (χ1n) is 9.00. The Morgan fingerprint density at radius 3 is 2.62 bits per heavy atom. The third-order valence-corrected chi connectivity index (χ3v) is 5.10. The third kappa shape index (κ3) is 3.97. The van der Waals surface area contributed by atoms with Crippen LogP contribution < -0.4 is 10.6 Å². The molecule has 1 unspecified atom stereocenters. The molecule has 0 radical (unpaired) electrons. The van der Waals surface area contributed by atoms with Crippen LogP contribution in [0.4, 0.5) is 16.2 Å². The van der Waals surface area contributed by atoms with Gasteiger partial charge in [-0.2, -0.15) is 0 Å². The van der Waals surface area contributed by atoms with E-state index in [0.717, 1.165) is 35.3 Å². The van der Waals surface area contributed by atoms with Crippen molar-refractivity contribution in [1.29, 1.82) is 0 Å². The molecule has 0 heterocycles. The van der Waals surface area contributed by atoms with Gasteiger partial charge in [-0.15, -0.1) is 6.58 Å². The number of nitrogens with one attached hydrogen (secondary N) is 2. The smallest absolute Gasteiger partial charge is 0.323 e. The van der Waals surface area contributed by atoms with E-state index in [1.54, 1.807) is 0 Å². The molecule has 2 aromatic rings. The van der Waals surface area contributed by atoms with Crippen LogP contribution in [-0.2, 0) is 18.3 Å². The quantitative estimate of drug-likeness (QED) is 0.703. The summed E-state index contributed by atoms with van der Waals surface area (Å²) in [6.07, 6.45) is 3.77. The van der Waals surface area contributed by atoms with Crippen LogP contribution in [0, 0.1) is 0 Å². The van der Waals surface area contributed by atoms with Gasteiger partial charge in [0.05, 0.1) is 6.10 Å². The molecule has 0 aliphatic heterocycles. The molecule has 3 rings (SSSR count). The van der Waals surface area contributed by atoms with E-state index in [2.05, 4.69) is 37.1 Å². The molecule has 1 atom stereocenters. The largest absolute Gasteiger partial charge is 0.393 e. The molecule has 26 heavy (non-hydrogen) atoms. The van der Waals surface area contributed by atoms with Gasteiger partial charge in [0.25, 0.3) is 0 Å². The summed E-state index contributed by atoms with van der Waals surface area (Å²) in [6, 6.07) is 13.4. The monoisotopic (exact) mass is 350 g/mol. The topological polar surface area (TPSA) is 61.4 Å². The van der Waals surface area contributed by atoms with Gasteiger partial charge in [-0.1, -0.05) is 44.2 Å². The highest BCUT2D eigenvalue weighted by Crippen LogP contribution is 2.29. The highest BCUT2D eigenvalue weighted by molar-refractivity contribution is 6.00. The Labute approximate surface area is 154 Å². The van der Waals surface area contributed by atoms with Crippen LogP contribution in [0.3, 0.4) is 0 Å². The molecular formula is C22H26N2O2. The fraction of sp³-hybridized carbons (Fsp3) is 0.318. The molecule has 0 saturated heterocycles. The molecule has 136 valence electrons. The number of carbonyl (C=O) groups excluding carboxylic acids is 1. The van der Waals surface area contributed by atoms with Crippen molar-refractivity contribution >= 4 is 17.4 Å². The lowest BCUT2D eigenvalue weighted by molar-refractivity contribution is 0.159. The van der Waals surface area contributed by atoms with Gasteiger partial charge >= 0.3 is 6.03 Å². The summed E-state index contributed by atoms with van der Waals surface area (Å²) in [4.78, 5) is 12.4. The second-order valence-electron chi connectivity index (χ2n) is 7.42. The Kier molecular flexibility index (Phi) is 5.14. The Hall–Kier alpha value is -2.59. The number of allylic oxidation sites excluding steroid dienone is 1. The van der Waals surface area contributed by atoms with Gasteiger partial charge < -0.3 is 15.7 Å². The highest BCUT2D eigenvalue weighted by Gasteiger charge is 2.20. The summed E-state index contributed by atoms with van der Waals surface area (Å²) in [5, 5.41) is 15.7. The number of anilines is 2. The standard InChI is InChI=1S/C22H26N2O2/c1-4-22(2,3)16-9-11-17(12-10-16)23-21(26)24-20-7-5-6-15-8-13-18(25)14-19(15)20/h4-7,9-12,18,25H,1,8,13-14H2,2-3H3,(H2,23,24,26). The van der Waals surface area contributed by atoms with Gasteiger partial charge in [0, 0.05) is 23.2 Å². The van der Waals surface area contributed by atoms with Crippen LogP contribution in [0.25, 0.3) is 0 Å². The molecule has 0 bridgehead atoms. The molecule has 4 nitrogen and oxygen atoms in total. The predicted octanol–water partition coefficient (Wildman–Crippen LogP) is 4.64. The lowest BCUT2D eigenvalue weighted by Crippen LogP contribution is -2.24. The number of amides is 2. The maximum Gasteiger partial charge on any atom is 0.323 e. The number of aryl methyl sites for hydroxylation is 1. The minimum atomic E-state index is -0.339. The molecule has 0 aromatic heterocycles. The van der Waals surface area contributed by atoms with Crippen molar-refractivity contribution in [3.8, 4) is 0 Å². The number of fused-ring (bicyclic) bond motifs is 1. The average Bonchev–Trinajstić information content (AvgIpc) is 2.62. The molecule has 3 N–H and O–H groups in total. The van der Waals surface area contributed by atoms with E-state index in [0.29, 0.717) is 6.42 Å². The highest BCUT2D eigenvalue weighted by atomic mass is 16.3. The first kappa shape index (κ1) is 18.2.